The number of benzene rings is 1. The average molecular weight is 399 g/mol. The highest BCUT2D eigenvalue weighted by Gasteiger charge is 2.28. The highest BCUT2D eigenvalue weighted by molar-refractivity contribution is 5.78. The zero-order chi connectivity index (χ0) is 20.2. The first-order chi connectivity index (χ1) is 14.2. The van der Waals surface area contributed by atoms with Crippen LogP contribution in [0.25, 0.3) is 11.5 Å². The van der Waals surface area contributed by atoms with Crippen LogP contribution in [0.3, 0.4) is 0 Å². The normalized spacial score (nSPS) is 20.9. The molecule has 2 saturated heterocycles. The molecular weight excluding hydrogens is 370 g/mol. The number of carbonyl (C=O) groups is 1. The molecule has 0 aliphatic carbocycles. The number of anilines is 1. The first kappa shape index (κ1) is 19.8. The molecule has 2 aromatic rings. The molecule has 0 spiro atoms. The van der Waals surface area contributed by atoms with Gasteiger partial charge in [-0.1, -0.05) is 17.2 Å². The Morgan fingerprint density at radius 3 is 2.55 bits per heavy atom. The summed E-state index contributed by atoms with van der Waals surface area (Å²) in [4.78, 5) is 16.9. The summed E-state index contributed by atoms with van der Waals surface area (Å²) < 4.78 is 10.9. The molecule has 1 N–H and O–H groups in total. The van der Waals surface area contributed by atoms with Crippen LogP contribution in [0.1, 0.15) is 30.7 Å². The van der Waals surface area contributed by atoms with Crippen molar-refractivity contribution < 1.29 is 13.9 Å². The molecule has 0 bridgehead atoms. The Labute approximate surface area is 171 Å². The number of nitrogens with zero attached hydrogens (tertiary/aromatic N) is 4. The summed E-state index contributed by atoms with van der Waals surface area (Å²) >= 11 is 0. The van der Waals surface area contributed by atoms with Crippen LogP contribution < -0.4 is 5.32 Å². The Balaban J connectivity index is 1.28. The first-order valence-electron chi connectivity index (χ1n) is 10.3. The molecule has 29 heavy (non-hydrogen) atoms. The maximum absolute atomic E-state index is 12.6. The number of hydrogen-bond donors (Lipinski definition) is 1. The zero-order valence-corrected chi connectivity index (χ0v) is 17.1. The summed E-state index contributed by atoms with van der Waals surface area (Å²) in [5.74, 6) is 1.24. The third-order valence-corrected chi connectivity index (χ3v) is 6.04. The van der Waals surface area contributed by atoms with E-state index >= 15 is 0 Å². The molecule has 0 saturated carbocycles. The van der Waals surface area contributed by atoms with Gasteiger partial charge in [-0.2, -0.15) is 0 Å². The second kappa shape index (κ2) is 8.92. The number of nitrogens with one attached hydrogen (secondary N) is 1. The van der Waals surface area contributed by atoms with Crippen molar-refractivity contribution in [3.05, 3.63) is 29.8 Å². The van der Waals surface area contributed by atoms with Crippen molar-refractivity contribution in [1.29, 1.82) is 0 Å². The minimum absolute atomic E-state index is 0.243. The van der Waals surface area contributed by atoms with Gasteiger partial charge in [-0.3, -0.25) is 9.69 Å². The second-order valence-corrected chi connectivity index (χ2v) is 7.82. The number of aromatic nitrogens is 2. The number of hydrogen-bond acceptors (Lipinski definition) is 7. The van der Waals surface area contributed by atoms with Gasteiger partial charge in [0.15, 0.2) is 0 Å². The number of amides is 1. The Morgan fingerprint density at radius 1 is 1.17 bits per heavy atom. The van der Waals surface area contributed by atoms with Crippen LogP contribution in [0.2, 0.25) is 0 Å². The van der Waals surface area contributed by atoms with Crippen LogP contribution in [-0.4, -0.2) is 78.9 Å². The smallest absolute Gasteiger partial charge is 0.315 e. The van der Waals surface area contributed by atoms with Crippen LogP contribution in [0.4, 0.5) is 6.01 Å². The highest BCUT2D eigenvalue weighted by Crippen LogP contribution is 2.30. The van der Waals surface area contributed by atoms with Crippen LogP contribution in [-0.2, 0) is 9.53 Å². The predicted octanol–water partition coefficient (Wildman–Crippen LogP) is 2.20. The van der Waals surface area contributed by atoms with Crippen LogP contribution in [0.15, 0.2) is 28.7 Å². The third-order valence-electron chi connectivity index (χ3n) is 6.04. The molecule has 8 nitrogen and oxygen atoms in total. The summed E-state index contributed by atoms with van der Waals surface area (Å²) in [6, 6.07) is 8.73. The van der Waals surface area contributed by atoms with Gasteiger partial charge in [0.05, 0.1) is 12.6 Å². The maximum atomic E-state index is 12.6. The lowest BCUT2D eigenvalue weighted by molar-refractivity contribution is -0.133. The Bertz CT molecular complexity index is 814. The van der Waals surface area contributed by atoms with Crippen LogP contribution in [0, 0.1) is 0 Å². The molecule has 1 aromatic heterocycles. The van der Waals surface area contributed by atoms with Gasteiger partial charge in [0.25, 0.3) is 0 Å². The standard InChI is InChI=1S/C21H29N5O3/c1-22-21-24-23-20(29-21)17-5-3-15(4-6-17)16-7-11-26(12-8-16)19(27)14-25-10-9-18(13-25)28-2/h3-6,16,18H,7-14H2,1-2H3,(H,22,24)/t18-/m0/s1. The molecule has 3 heterocycles. The molecule has 2 aliphatic rings. The van der Waals surface area contributed by atoms with Gasteiger partial charge in [0, 0.05) is 45.9 Å². The monoisotopic (exact) mass is 399 g/mol. The van der Waals surface area contributed by atoms with E-state index in [9.17, 15) is 4.79 Å². The molecule has 1 amide bonds. The van der Waals surface area contributed by atoms with E-state index in [1.165, 1.54) is 5.56 Å². The van der Waals surface area contributed by atoms with Crippen LogP contribution >= 0.6 is 0 Å². The SMILES string of the molecule is CNc1nnc(-c2ccc(C3CCN(C(=O)CN4CC[C@H](OC)C4)CC3)cc2)o1. The molecule has 1 aromatic carbocycles. The molecule has 0 radical (unpaired) electrons. The fourth-order valence-electron chi connectivity index (χ4n) is 4.23. The fraction of sp³-hybridized carbons (Fsp3) is 0.571. The second-order valence-electron chi connectivity index (χ2n) is 7.82. The van der Waals surface area contributed by atoms with Crippen molar-refractivity contribution in [1.82, 2.24) is 20.0 Å². The van der Waals surface area contributed by atoms with Gasteiger partial charge in [0.2, 0.25) is 11.8 Å². The quantitative estimate of drug-likeness (QED) is 0.797. The van der Waals surface area contributed by atoms with Gasteiger partial charge < -0.3 is 19.4 Å². The number of carbonyl (C=O) groups excluding carboxylic acids is 1. The lowest BCUT2D eigenvalue weighted by Crippen LogP contribution is -2.43. The zero-order valence-electron chi connectivity index (χ0n) is 17.1. The number of ether oxygens (including phenoxy) is 1. The van der Waals surface area contributed by atoms with Crippen molar-refractivity contribution >= 4 is 11.9 Å². The van der Waals surface area contributed by atoms with E-state index in [1.54, 1.807) is 14.2 Å². The number of methoxy groups -OCH3 is 1. The van der Waals surface area contributed by atoms with Gasteiger partial charge in [-0.15, -0.1) is 5.10 Å². The van der Waals surface area contributed by atoms with E-state index in [1.807, 2.05) is 17.0 Å². The van der Waals surface area contributed by atoms with Crippen LogP contribution in [0.5, 0.6) is 0 Å². The molecule has 2 aliphatic heterocycles. The number of likely N-dealkylation sites (tertiary alicyclic amines) is 2. The van der Waals surface area contributed by atoms with Crippen molar-refractivity contribution in [3.63, 3.8) is 0 Å². The van der Waals surface area contributed by atoms with Crippen molar-refractivity contribution in [2.75, 3.05) is 52.2 Å². The lowest BCUT2D eigenvalue weighted by atomic mass is 9.89. The fourth-order valence-corrected chi connectivity index (χ4v) is 4.23. The minimum atomic E-state index is 0.243. The summed E-state index contributed by atoms with van der Waals surface area (Å²) in [7, 11) is 3.49. The Kier molecular flexibility index (Phi) is 6.10. The van der Waals surface area contributed by atoms with Crippen molar-refractivity contribution in [2.24, 2.45) is 0 Å². The third kappa shape index (κ3) is 4.59. The molecule has 2 fully saturated rings. The summed E-state index contributed by atoms with van der Waals surface area (Å²) in [6.07, 6.45) is 3.28. The highest BCUT2D eigenvalue weighted by atomic mass is 16.5. The van der Waals surface area contributed by atoms with E-state index in [2.05, 4.69) is 32.5 Å². The van der Waals surface area contributed by atoms with Gasteiger partial charge >= 0.3 is 6.01 Å². The van der Waals surface area contributed by atoms with Gasteiger partial charge in [-0.25, -0.2) is 0 Å². The van der Waals surface area contributed by atoms with E-state index in [0.29, 0.717) is 24.4 Å². The van der Waals surface area contributed by atoms with E-state index in [-0.39, 0.29) is 12.0 Å². The van der Waals surface area contributed by atoms with Gasteiger partial charge in [-0.05, 0) is 42.9 Å². The van der Waals surface area contributed by atoms with E-state index < -0.39 is 0 Å². The molecule has 8 heteroatoms. The largest absolute Gasteiger partial charge is 0.403 e. The molecular formula is C21H29N5O3. The maximum Gasteiger partial charge on any atom is 0.315 e. The Hall–Kier alpha value is -2.45. The molecule has 156 valence electrons. The summed E-state index contributed by atoms with van der Waals surface area (Å²) in [6.45, 7) is 3.96. The molecule has 1 atom stereocenters. The summed E-state index contributed by atoms with van der Waals surface area (Å²) in [5.41, 5.74) is 2.21. The van der Waals surface area contributed by atoms with E-state index in [0.717, 1.165) is 51.0 Å². The predicted molar refractivity (Wildman–Crippen MR) is 110 cm³/mol. The Morgan fingerprint density at radius 2 is 1.93 bits per heavy atom. The molecule has 4 rings (SSSR count). The average Bonchev–Trinajstić information content (AvgIpc) is 3.43. The first-order valence-corrected chi connectivity index (χ1v) is 10.3. The number of rotatable bonds is 6. The number of piperidine rings is 1. The van der Waals surface area contributed by atoms with Crippen molar-refractivity contribution in [3.8, 4) is 11.5 Å². The van der Waals surface area contributed by atoms with Crippen molar-refractivity contribution in [2.45, 2.75) is 31.3 Å². The van der Waals surface area contributed by atoms with Gasteiger partial charge in [0.1, 0.15) is 0 Å². The van der Waals surface area contributed by atoms with E-state index in [4.69, 9.17) is 9.15 Å². The minimum Gasteiger partial charge on any atom is -0.403 e. The molecule has 0 unspecified atom stereocenters. The topological polar surface area (TPSA) is 83.7 Å². The lowest BCUT2D eigenvalue weighted by Gasteiger charge is -2.33. The summed E-state index contributed by atoms with van der Waals surface area (Å²) in [5, 5.41) is 10.8.